The van der Waals surface area contributed by atoms with Crippen LogP contribution in [0.15, 0.2) is 84.0 Å². The van der Waals surface area contributed by atoms with E-state index in [1.54, 1.807) is 0 Å². The highest BCUT2D eigenvalue weighted by Crippen LogP contribution is 2.52. The Balaban J connectivity index is 1.62. The summed E-state index contributed by atoms with van der Waals surface area (Å²) in [4.78, 5) is 0. The third-order valence-corrected chi connectivity index (χ3v) is 6.03. The largest absolute Gasteiger partial charge is 0.203 e. The van der Waals surface area contributed by atoms with Crippen LogP contribution in [-0.2, 0) is 12.8 Å². The normalized spacial score (nSPS) is 19.3. The zero-order valence-corrected chi connectivity index (χ0v) is 16.0. The first-order valence-corrected chi connectivity index (χ1v) is 9.89. The molecule has 0 saturated heterocycles. The Bertz CT molecular complexity index is 1080. The lowest BCUT2D eigenvalue weighted by Crippen LogP contribution is -2.27. The molecule has 0 aliphatic heterocycles. The van der Waals surface area contributed by atoms with Gasteiger partial charge in [0, 0.05) is 23.0 Å². The molecule has 2 bridgehead atoms. The lowest BCUT2D eigenvalue weighted by atomic mass is 9.66. The van der Waals surface area contributed by atoms with Crippen molar-refractivity contribution in [3.63, 3.8) is 0 Å². The van der Waals surface area contributed by atoms with Crippen molar-refractivity contribution < 1.29 is 17.6 Å². The highest BCUT2D eigenvalue weighted by molar-refractivity contribution is 5.59. The molecule has 4 heteroatoms. The Morgan fingerprint density at radius 1 is 0.500 bits per heavy atom. The SMILES string of the molecule is Fc1c(F)c(F)c2c(c1F)[C@H]1C=C(Cc3ccccc3)[C@@H]2C=C1Cc1ccccc1. The Morgan fingerprint density at radius 3 is 1.23 bits per heavy atom. The van der Waals surface area contributed by atoms with Gasteiger partial charge in [-0.05, 0) is 24.0 Å². The lowest BCUT2D eigenvalue weighted by molar-refractivity contribution is 0.393. The van der Waals surface area contributed by atoms with E-state index in [9.17, 15) is 17.6 Å². The van der Waals surface area contributed by atoms with Gasteiger partial charge in [-0.3, -0.25) is 0 Å². The van der Waals surface area contributed by atoms with Crippen LogP contribution in [0.2, 0.25) is 0 Å². The van der Waals surface area contributed by atoms with Gasteiger partial charge in [-0.2, -0.15) is 0 Å². The first-order chi connectivity index (χ1) is 14.5. The number of hydrogen-bond acceptors (Lipinski definition) is 0. The van der Waals surface area contributed by atoms with E-state index in [1.165, 1.54) is 0 Å². The van der Waals surface area contributed by atoms with Crippen LogP contribution in [0, 0.1) is 23.3 Å². The Morgan fingerprint density at radius 2 is 0.867 bits per heavy atom. The van der Waals surface area contributed by atoms with Gasteiger partial charge >= 0.3 is 0 Å². The predicted molar refractivity (Wildman–Crippen MR) is 108 cm³/mol. The average molecular weight is 406 g/mol. The molecule has 3 aliphatic rings. The van der Waals surface area contributed by atoms with Crippen molar-refractivity contribution in [3.8, 4) is 0 Å². The molecule has 30 heavy (non-hydrogen) atoms. The molecule has 0 aromatic heterocycles. The number of halogens is 4. The maximum absolute atomic E-state index is 14.8. The lowest BCUT2D eigenvalue weighted by Gasteiger charge is -2.38. The first kappa shape index (κ1) is 18.9. The molecule has 0 fully saturated rings. The van der Waals surface area contributed by atoms with E-state index in [4.69, 9.17) is 0 Å². The number of allylic oxidation sites excluding steroid dienone is 4. The summed E-state index contributed by atoms with van der Waals surface area (Å²) in [7, 11) is 0. The zero-order chi connectivity index (χ0) is 20.8. The van der Waals surface area contributed by atoms with Gasteiger partial charge in [-0.25, -0.2) is 17.6 Å². The van der Waals surface area contributed by atoms with Crippen molar-refractivity contribution in [1.29, 1.82) is 0 Å². The quantitative estimate of drug-likeness (QED) is 0.194. The monoisotopic (exact) mass is 406 g/mol. The first-order valence-electron chi connectivity index (χ1n) is 9.89. The van der Waals surface area contributed by atoms with E-state index in [2.05, 4.69) is 0 Å². The topological polar surface area (TPSA) is 0 Å². The molecule has 0 spiro atoms. The van der Waals surface area contributed by atoms with Crippen LogP contribution in [0.5, 0.6) is 0 Å². The second-order valence-corrected chi connectivity index (χ2v) is 7.85. The van der Waals surface area contributed by atoms with Crippen molar-refractivity contribution in [3.05, 3.63) is 129 Å². The average Bonchev–Trinajstić information content (AvgIpc) is 2.78. The van der Waals surface area contributed by atoms with Gasteiger partial charge in [0.2, 0.25) is 0 Å². The van der Waals surface area contributed by atoms with E-state index in [-0.39, 0.29) is 11.1 Å². The molecule has 0 radical (unpaired) electrons. The van der Waals surface area contributed by atoms with E-state index in [0.29, 0.717) is 12.8 Å². The fourth-order valence-electron chi connectivity index (χ4n) is 4.66. The third-order valence-electron chi connectivity index (χ3n) is 6.03. The standard InChI is InChI=1S/C26H18F4/c27-23-21-19-14-18(12-16-9-5-2-6-10-16)20(22(21)24(28)26(30)25(23)29)13-17(19)11-15-7-3-1-4-8-15/h1-10,13-14,19-20H,11-12H2/t19-,20-/m0/s1. The fourth-order valence-corrected chi connectivity index (χ4v) is 4.66. The maximum atomic E-state index is 14.8. The summed E-state index contributed by atoms with van der Waals surface area (Å²) in [6.07, 6.45) is 4.88. The molecule has 0 nitrogen and oxygen atoms in total. The van der Waals surface area contributed by atoms with Gasteiger partial charge in [0.15, 0.2) is 23.3 Å². The van der Waals surface area contributed by atoms with E-state index >= 15 is 0 Å². The van der Waals surface area contributed by atoms with Crippen molar-refractivity contribution in [2.75, 3.05) is 0 Å². The highest BCUT2D eigenvalue weighted by atomic mass is 19.2. The van der Waals surface area contributed by atoms with Crippen LogP contribution in [0.1, 0.15) is 34.1 Å². The maximum Gasteiger partial charge on any atom is 0.197 e. The van der Waals surface area contributed by atoms with Crippen molar-refractivity contribution in [2.45, 2.75) is 24.7 Å². The van der Waals surface area contributed by atoms with E-state index < -0.39 is 35.1 Å². The molecule has 3 aromatic rings. The van der Waals surface area contributed by atoms with Gasteiger partial charge in [0.05, 0.1) is 0 Å². The Labute approximate surface area is 172 Å². The molecule has 3 aliphatic carbocycles. The van der Waals surface area contributed by atoms with Crippen LogP contribution < -0.4 is 0 Å². The Hall–Kier alpha value is -3.14. The molecule has 6 rings (SSSR count). The van der Waals surface area contributed by atoms with Crippen molar-refractivity contribution in [1.82, 2.24) is 0 Å². The van der Waals surface area contributed by atoms with Gasteiger partial charge < -0.3 is 0 Å². The van der Waals surface area contributed by atoms with Gasteiger partial charge in [-0.1, -0.05) is 84.0 Å². The van der Waals surface area contributed by atoms with Crippen LogP contribution in [0.25, 0.3) is 0 Å². The summed E-state index contributed by atoms with van der Waals surface area (Å²) in [5, 5.41) is 0. The minimum absolute atomic E-state index is 0.0679. The molecular weight excluding hydrogens is 388 g/mol. The smallest absolute Gasteiger partial charge is 0.197 e. The molecule has 0 N–H and O–H groups in total. The summed E-state index contributed by atoms with van der Waals surface area (Å²) < 4.78 is 57.8. The summed E-state index contributed by atoms with van der Waals surface area (Å²) in [5.74, 6) is -7.28. The second kappa shape index (κ2) is 7.28. The van der Waals surface area contributed by atoms with Crippen LogP contribution in [0.4, 0.5) is 17.6 Å². The number of hydrogen-bond donors (Lipinski definition) is 0. The highest BCUT2D eigenvalue weighted by Gasteiger charge is 2.41. The fraction of sp³-hybridized carbons (Fsp3) is 0.154. The summed E-state index contributed by atoms with van der Waals surface area (Å²) in [5.41, 5.74) is 3.67. The molecule has 0 saturated carbocycles. The van der Waals surface area contributed by atoms with Crippen LogP contribution in [0.3, 0.4) is 0 Å². The molecule has 0 heterocycles. The number of benzene rings is 3. The zero-order valence-electron chi connectivity index (χ0n) is 16.0. The minimum Gasteiger partial charge on any atom is -0.203 e. The molecule has 0 unspecified atom stereocenters. The van der Waals surface area contributed by atoms with Gasteiger partial charge in [-0.15, -0.1) is 0 Å². The Kier molecular flexibility index (Phi) is 4.58. The summed E-state index contributed by atoms with van der Waals surface area (Å²) in [6, 6.07) is 19.3. The minimum atomic E-state index is -1.74. The third kappa shape index (κ3) is 2.98. The van der Waals surface area contributed by atoms with Gasteiger partial charge in [0.1, 0.15) is 0 Å². The van der Waals surface area contributed by atoms with Crippen molar-refractivity contribution >= 4 is 0 Å². The van der Waals surface area contributed by atoms with Crippen molar-refractivity contribution in [2.24, 2.45) is 0 Å². The van der Waals surface area contributed by atoms with Gasteiger partial charge in [0.25, 0.3) is 0 Å². The second-order valence-electron chi connectivity index (χ2n) is 7.85. The summed E-state index contributed by atoms with van der Waals surface area (Å²) in [6.45, 7) is 0. The van der Waals surface area contributed by atoms with E-state index in [1.807, 2.05) is 72.8 Å². The molecular formula is C26H18F4. The molecule has 2 atom stereocenters. The summed E-state index contributed by atoms with van der Waals surface area (Å²) >= 11 is 0. The molecule has 150 valence electrons. The van der Waals surface area contributed by atoms with Crippen LogP contribution in [-0.4, -0.2) is 0 Å². The molecule has 0 amide bonds. The van der Waals surface area contributed by atoms with E-state index in [0.717, 1.165) is 22.3 Å². The predicted octanol–water partition coefficient (Wildman–Crippen LogP) is 6.78. The number of rotatable bonds is 4. The van der Waals surface area contributed by atoms with Crippen LogP contribution >= 0.6 is 0 Å². The molecule has 3 aromatic carbocycles.